The number of para-hydroxylation sites is 1. The second-order valence-electron chi connectivity index (χ2n) is 8.58. The number of hydrogen-bond acceptors (Lipinski definition) is 6. The Morgan fingerprint density at radius 3 is 2.32 bits per heavy atom. The lowest BCUT2D eigenvalue weighted by molar-refractivity contribution is 0.0527. The van der Waals surface area contributed by atoms with Gasteiger partial charge in [-0.1, -0.05) is 66.2 Å². The van der Waals surface area contributed by atoms with E-state index in [9.17, 15) is 18.5 Å². The number of hydrogen-bond donors (Lipinski definition) is 2. The van der Waals surface area contributed by atoms with Gasteiger partial charge in [-0.3, -0.25) is 4.72 Å². The Kier molecular flexibility index (Phi) is 8.09. The monoisotopic (exact) mass is 525 g/mol. The van der Waals surface area contributed by atoms with Crippen LogP contribution in [0.25, 0.3) is 11.1 Å². The molecule has 4 aromatic carbocycles. The van der Waals surface area contributed by atoms with Gasteiger partial charge in [0, 0.05) is 6.54 Å². The second-order valence-corrected chi connectivity index (χ2v) is 10.3. The quantitative estimate of drug-likeness (QED) is 0.255. The van der Waals surface area contributed by atoms with Crippen molar-refractivity contribution in [2.45, 2.75) is 25.3 Å². The molecule has 0 aliphatic carbocycles. The molecule has 0 saturated heterocycles. The molecule has 0 bridgehead atoms. The summed E-state index contributed by atoms with van der Waals surface area (Å²) in [5, 5.41) is 12.6. The van der Waals surface area contributed by atoms with Crippen LogP contribution in [0.4, 0.5) is 11.4 Å². The standard InChI is InChI=1S/C30H27N3O4S/c1-3-37-30(34)27-9-6-10-28(33-38(35,36)25-17-11-21(2)12-18-25)29(27)32-20-22-13-15-23(16-14-22)26-8-5-4-7-24(26)19-31/h4-18,32-33H,3,20H2,1-2H3. The number of nitriles is 1. The van der Waals surface area contributed by atoms with E-state index in [-0.39, 0.29) is 22.8 Å². The van der Waals surface area contributed by atoms with E-state index in [4.69, 9.17) is 4.74 Å². The molecule has 4 aromatic rings. The molecule has 0 amide bonds. The Morgan fingerprint density at radius 1 is 0.921 bits per heavy atom. The zero-order chi connectivity index (χ0) is 27.1. The molecule has 7 nitrogen and oxygen atoms in total. The number of anilines is 2. The summed E-state index contributed by atoms with van der Waals surface area (Å²) >= 11 is 0. The Morgan fingerprint density at radius 2 is 1.63 bits per heavy atom. The minimum atomic E-state index is -3.90. The number of nitrogens with one attached hydrogen (secondary N) is 2. The van der Waals surface area contributed by atoms with Crippen LogP contribution in [-0.2, 0) is 21.3 Å². The van der Waals surface area contributed by atoms with Gasteiger partial charge in [0.15, 0.2) is 0 Å². The predicted molar refractivity (Wildman–Crippen MR) is 148 cm³/mol. The Balaban J connectivity index is 1.62. The van der Waals surface area contributed by atoms with Gasteiger partial charge in [0.2, 0.25) is 0 Å². The molecule has 0 saturated carbocycles. The van der Waals surface area contributed by atoms with Crippen molar-refractivity contribution >= 4 is 27.4 Å². The number of rotatable bonds is 9. The molecule has 38 heavy (non-hydrogen) atoms. The second kappa shape index (κ2) is 11.6. The highest BCUT2D eigenvalue weighted by Gasteiger charge is 2.21. The largest absolute Gasteiger partial charge is 0.462 e. The van der Waals surface area contributed by atoms with Gasteiger partial charge in [-0.15, -0.1) is 0 Å². The van der Waals surface area contributed by atoms with Crippen molar-refractivity contribution in [1.82, 2.24) is 0 Å². The summed E-state index contributed by atoms with van der Waals surface area (Å²) in [5.74, 6) is -0.560. The van der Waals surface area contributed by atoms with Crippen molar-refractivity contribution in [2.24, 2.45) is 0 Å². The number of nitrogens with zero attached hydrogens (tertiary/aromatic N) is 1. The molecule has 0 spiro atoms. The summed E-state index contributed by atoms with van der Waals surface area (Å²) in [5.41, 5.74) is 4.95. The van der Waals surface area contributed by atoms with Crippen LogP contribution in [0, 0.1) is 18.3 Å². The zero-order valence-corrected chi connectivity index (χ0v) is 21.9. The Hall–Kier alpha value is -4.61. The van der Waals surface area contributed by atoms with Crippen molar-refractivity contribution in [3.8, 4) is 17.2 Å². The van der Waals surface area contributed by atoms with Crippen LogP contribution in [0.1, 0.15) is 34.0 Å². The lowest BCUT2D eigenvalue weighted by Gasteiger charge is -2.18. The normalized spacial score (nSPS) is 10.9. The van der Waals surface area contributed by atoms with Crippen LogP contribution >= 0.6 is 0 Å². The number of sulfonamides is 1. The molecule has 8 heteroatoms. The van der Waals surface area contributed by atoms with Crippen molar-refractivity contribution < 1.29 is 17.9 Å². The molecule has 0 aliphatic rings. The topological polar surface area (TPSA) is 108 Å². The van der Waals surface area contributed by atoms with Crippen LogP contribution < -0.4 is 10.0 Å². The summed E-state index contributed by atoms with van der Waals surface area (Å²) in [7, 11) is -3.90. The molecule has 0 unspecified atom stereocenters. The van der Waals surface area contributed by atoms with Gasteiger partial charge < -0.3 is 10.1 Å². The van der Waals surface area contributed by atoms with Gasteiger partial charge in [-0.2, -0.15) is 5.26 Å². The van der Waals surface area contributed by atoms with Crippen LogP contribution in [0.15, 0.2) is 95.9 Å². The minimum Gasteiger partial charge on any atom is -0.462 e. The van der Waals surface area contributed by atoms with Gasteiger partial charge in [-0.25, -0.2) is 13.2 Å². The summed E-state index contributed by atoms with van der Waals surface area (Å²) in [6, 6.07) is 28.6. The molecule has 192 valence electrons. The van der Waals surface area contributed by atoms with Gasteiger partial charge in [0.25, 0.3) is 10.0 Å². The van der Waals surface area contributed by atoms with E-state index in [0.29, 0.717) is 17.8 Å². The lowest BCUT2D eigenvalue weighted by atomic mass is 9.99. The fourth-order valence-corrected chi connectivity index (χ4v) is 5.02. The van der Waals surface area contributed by atoms with Crippen LogP contribution in [-0.4, -0.2) is 21.0 Å². The third-order valence-electron chi connectivity index (χ3n) is 5.92. The van der Waals surface area contributed by atoms with Crippen LogP contribution in [0.5, 0.6) is 0 Å². The van der Waals surface area contributed by atoms with E-state index in [1.165, 1.54) is 12.1 Å². The van der Waals surface area contributed by atoms with Gasteiger partial charge in [0.05, 0.1) is 40.1 Å². The molecular formula is C30H27N3O4S. The molecule has 2 N–H and O–H groups in total. The van der Waals surface area contributed by atoms with E-state index < -0.39 is 16.0 Å². The highest BCUT2D eigenvalue weighted by molar-refractivity contribution is 7.92. The van der Waals surface area contributed by atoms with Gasteiger partial charge in [0.1, 0.15) is 0 Å². The summed E-state index contributed by atoms with van der Waals surface area (Å²) in [6.45, 7) is 4.09. The van der Waals surface area contributed by atoms with E-state index in [0.717, 1.165) is 22.3 Å². The number of benzene rings is 4. The number of ether oxygens (including phenoxy) is 1. The third-order valence-corrected chi connectivity index (χ3v) is 7.30. The smallest absolute Gasteiger partial charge is 0.340 e. The van der Waals surface area contributed by atoms with E-state index in [2.05, 4.69) is 16.1 Å². The highest BCUT2D eigenvalue weighted by atomic mass is 32.2. The number of aryl methyl sites for hydroxylation is 1. The average Bonchev–Trinajstić information content (AvgIpc) is 2.92. The number of carbonyl (C=O) groups excluding carboxylic acids is 1. The first-order valence-electron chi connectivity index (χ1n) is 12.0. The molecule has 0 aromatic heterocycles. The molecule has 0 atom stereocenters. The maximum atomic E-state index is 13.1. The molecular weight excluding hydrogens is 498 g/mol. The van der Waals surface area contributed by atoms with E-state index >= 15 is 0 Å². The predicted octanol–water partition coefficient (Wildman–Crippen LogP) is 6.12. The summed E-state index contributed by atoms with van der Waals surface area (Å²) in [4.78, 5) is 12.8. The van der Waals surface area contributed by atoms with Gasteiger partial charge >= 0.3 is 5.97 Å². The zero-order valence-electron chi connectivity index (χ0n) is 21.1. The Bertz CT molecular complexity index is 1590. The SMILES string of the molecule is CCOC(=O)c1cccc(NS(=O)(=O)c2ccc(C)cc2)c1NCc1ccc(-c2ccccc2C#N)cc1. The maximum Gasteiger partial charge on any atom is 0.340 e. The third kappa shape index (κ3) is 6.02. The number of esters is 1. The lowest BCUT2D eigenvalue weighted by Crippen LogP contribution is -2.17. The van der Waals surface area contributed by atoms with Crippen LogP contribution in [0.3, 0.4) is 0 Å². The van der Waals surface area contributed by atoms with E-state index in [1.807, 2.05) is 49.4 Å². The van der Waals surface area contributed by atoms with Crippen molar-refractivity contribution in [2.75, 3.05) is 16.6 Å². The molecule has 0 aliphatic heterocycles. The fourth-order valence-electron chi connectivity index (χ4n) is 3.95. The Labute approximate surface area is 222 Å². The average molecular weight is 526 g/mol. The van der Waals surface area contributed by atoms with Crippen molar-refractivity contribution in [1.29, 1.82) is 5.26 Å². The number of carbonyl (C=O) groups is 1. The fraction of sp³-hybridized carbons (Fsp3) is 0.133. The maximum absolute atomic E-state index is 13.1. The highest BCUT2D eigenvalue weighted by Crippen LogP contribution is 2.30. The van der Waals surface area contributed by atoms with E-state index in [1.54, 1.807) is 43.3 Å². The summed E-state index contributed by atoms with van der Waals surface area (Å²) in [6.07, 6.45) is 0. The molecule has 4 rings (SSSR count). The molecule has 0 radical (unpaired) electrons. The first-order chi connectivity index (χ1) is 18.3. The van der Waals surface area contributed by atoms with Gasteiger partial charge in [-0.05, 0) is 60.9 Å². The summed E-state index contributed by atoms with van der Waals surface area (Å²) < 4.78 is 34.0. The molecule has 0 heterocycles. The first-order valence-corrected chi connectivity index (χ1v) is 13.5. The van der Waals surface area contributed by atoms with Crippen molar-refractivity contribution in [3.05, 3.63) is 113 Å². The van der Waals surface area contributed by atoms with Crippen molar-refractivity contribution in [3.63, 3.8) is 0 Å². The minimum absolute atomic E-state index is 0.115. The molecule has 0 fully saturated rings. The van der Waals surface area contributed by atoms with Crippen LogP contribution in [0.2, 0.25) is 0 Å². The first kappa shape index (κ1) is 26.5.